The molecule has 0 aliphatic heterocycles. The maximum Gasteiger partial charge on any atom is 0.308 e. The van der Waals surface area contributed by atoms with Gasteiger partial charge in [0.25, 0.3) is 0 Å². The number of carbonyl (C=O) groups excluding carboxylic acids is 2. The monoisotopic (exact) mass is 154 g/mol. The average Bonchev–Trinajstić information content (AvgIpc) is 1.93. The van der Waals surface area contributed by atoms with E-state index >= 15 is 0 Å². The second kappa shape index (κ2) is 3.32. The summed E-state index contributed by atoms with van der Waals surface area (Å²) in [5, 5.41) is 0. The van der Waals surface area contributed by atoms with E-state index in [2.05, 4.69) is 4.74 Å². The molecule has 0 aromatic carbocycles. The molecule has 0 aromatic rings. The van der Waals surface area contributed by atoms with E-state index in [1.54, 1.807) is 6.08 Å². The van der Waals surface area contributed by atoms with E-state index in [4.69, 9.17) is 0 Å². The summed E-state index contributed by atoms with van der Waals surface area (Å²) in [5.74, 6) is -0.262. The van der Waals surface area contributed by atoms with Crippen molar-refractivity contribution in [2.75, 3.05) is 0 Å². The highest BCUT2D eigenvalue weighted by atomic mass is 16.5. The Balaban J connectivity index is 2.61. The van der Waals surface area contributed by atoms with E-state index in [1.807, 2.05) is 0 Å². The van der Waals surface area contributed by atoms with E-state index in [9.17, 15) is 9.59 Å². The Bertz CT molecular complexity index is 215. The Morgan fingerprint density at radius 2 is 2.36 bits per heavy atom. The molecule has 1 rings (SSSR count). The molecule has 0 saturated carbocycles. The molecule has 1 aliphatic carbocycles. The van der Waals surface area contributed by atoms with Crippen molar-refractivity contribution in [3.63, 3.8) is 0 Å². The van der Waals surface area contributed by atoms with Gasteiger partial charge in [-0.05, 0) is 18.9 Å². The van der Waals surface area contributed by atoms with Gasteiger partial charge in [0.1, 0.15) is 0 Å². The van der Waals surface area contributed by atoms with Crippen LogP contribution in [0.25, 0.3) is 0 Å². The van der Waals surface area contributed by atoms with Gasteiger partial charge in [0.15, 0.2) is 11.5 Å². The van der Waals surface area contributed by atoms with E-state index in [-0.39, 0.29) is 11.5 Å². The first-order valence-electron chi connectivity index (χ1n) is 3.62. The molecule has 60 valence electrons. The van der Waals surface area contributed by atoms with Crippen LogP contribution in [0.15, 0.2) is 11.8 Å². The number of hydrogen-bond acceptors (Lipinski definition) is 3. The van der Waals surface area contributed by atoms with Gasteiger partial charge < -0.3 is 4.74 Å². The van der Waals surface area contributed by atoms with Gasteiger partial charge in [0, 0.05) is 13.3 Å². The van der Waals surface area contributed by atoms with Crippen molar-refractivity contribution < 1.29 is 14.3 Å². The smallest absolute Gasteiger partial charge is 0.308 e. The van der Waals surface area contributed by atoms with Crippen LogP contribution in [-0.4, -0.2) is 11.8 Å². The zero-order valence-corrected chi connectivity index (χ0v) is 6.42. The summed E-state index contributed by atoms with van der Waals surface area (Å²) >= 11 is 0. The van der Waals surface area contributed by atoms with E-state index in [0.717, 1.165) is 12.8 Å². The number of carbonyl (C=O) groups is 2. The van der Waals surface area contributed by atoms with Gasteiger partial charge in [0.05, 0.1) is 0 Å². The van der Waals surface area contributed by atoms with Gasteiger partial charge in [-0.2, -0.15) is 0 Å². The summed E-state index contributed by atoms with van der Waals surface area (Å²) < 4.78 is 4.68. The molecule has 0 spiro atoms. The number of ether oxygens (including phenoxy) is 1. The first-order valence-corrected chi connectivity index (χ1v) is 3.62. The van der Waals surface area contributed by atoms with Crippen LogP contribution in [0.4, 0.5) is 0 Å². The molecular formula is C8H10O3. The fourth-order valence-corrected chi connectivity index (χ4v) is 0.986. The zero-order chi connectivity index (χ0) is 8.27. The van der Waals surface area contributed by atoms with Crippen molar-refractivity contribution in [1.29, 1.82) is 0 Å². The minimum atomic E-state index is -0.425. The minimum absolute atomic E-state index is 0.0635. The number of hydrogen-bond donors (Lipinski definition) is 0. The van der Waals surface area contributed by atoms with E-state index in [0.29, 0.717) is 6.42 Å². The number of allylic oxidation sites excluding steroid dienone is 2. The fourth-order valence-electron chi connectivity index (χ4n) is 0.986. The van der Waals surface area contributed by atoms with E-state index in [1.165, 1.54) is 6.92 Å². The van der Waals surface area contributed by atoms with Crippen molar-refractivity contribution in [3.8, 4) is 0 Å². The Morgan fingerprint density at radius 3 is 2.91 bits per heavy atom. The highest BCUT2D eigenvalue weighted by molar-refractivity contribution is 5.96. The van der Waals surface area contributed by atoms with Gasteiger partial charge in [-0.15, -0.1) is 0 Å². The summed E-state index contributed by atoms with van der Waals surface area (Å²) in [6.45, 7) is 1.29. The molecule has 0 N–H and O–H groups in total. The fraction of sp³-hybridized carbons (Fsp3) is 0.500. The van der Waals surface area contributed by atoms with Gasteiger partial charge in [-0.1, -0.05) is 0 Å². The molecule has 0 aromatic heterocycles. The van der Waals surface area contributed by atoms with Crippen LogP contribution in [0.3, 0.4) is 0 Å². The van der Waals surface area contributed by atoms with Crippen LogP contribution in [0.1, 0.15) is 26.2 Å². The van der Waals surface area contributed by atoms with Crippen molar-refractivity contribution in [2.45, 2.75) is 26.2 Å². The molecule has 0 radical (unpaired) electrons. The van der Waals surface area contributed by atoms with Crippen LogP contribution in [-0.2, 0) is 14.3 Å². The van der Waals surface area contributed by atoms with Crippen molar-refractivity contribution in [2.24, 2.45) is 0 Å². The number of Topliss-reactive ketones (excluding diaryl/α,β-unsaturated/α-hetero) is 1. The molecule has 0 saturated heterocycles. The Kier molecular flexibility index (Phi) is 2.41. The second-order valence-corrected chi connectivity index (χ2v) is 2.48. The predicted octanol–water partition coefficient (Wildman–Crippen LogP) is 1.19. The molecule has 0 fully saturated rings. The maximum atomic E-state index is 11.0. The topological polar surface area (TPSA) is 43.4 Å². The summed E-state index contributed by atoms with van der Waals surface area (Å²) in [4.78, 5) is 21.4. The molecule has 0 bridgehead atoms. The summed E-state index contributed by atoms with van der Waals surface area (Å²) in [7, 11) is 0. The summed E-state index contributed by atoms with van der Waals surface area (Å²) in [6, 6.07) is 0. The van der Waals surface area contributed by atoms with Crippen LogP contribution in [0.2, 0.25) is 0 Å². The highest BCUT2D eigenvalue weighted by Crippen LogP contribution is 2.14. The number of ketones is 1. The van der Waals surface area contributed by atoms with Crippen molar-refractivity contribution in [3.05, 3.63) is 11.8 Å². The van der Waals surface area contributed by atoms with Crippen LogP contribution in [0, 0.1) is 0 Å². The summed E-state index contributed by atoms with van der Waals surface area (Å²) in [5.41, 5.74) is 0. The second-order valence-electron chi connectivity index (χ2n) is 2.48. The van der Waals surface area contributed by atoms with Gasteiger partial charge in [-0.3, -0.25) is 9.59 Å². The SMILES string of the molecule is CC(=O)OC1=CCCCC1=O. The third kappa shape index (κ3) is 2.18. The standard InChI is InChI=1S/C8H10O3/c1-6(9)11-8-5-3-2-4-7(8)10/h5H,2-4H2,1H3. The van der Waals surface area contributed by atoms with Crippen LogP contribution < -0.4 is 0 Å². The molecule has 11 heavy (non-hydrogen) atoms. The predicted molar refractivity (Wildman–Crippen MR) is 38.7 cm³/mol. The van der Waals surface area contributed by atoms with Crippen molar-refractivity contribution >= 4 is 11.8 Å². The zero-order valence-electron chi connectivity index (χ0n) is 6.42. The van der Waals surface area contributed by atoms with Crippen LogP contribution in [0.5, 0.6) is 0 Å². The maximum absolute atomic E-state index is 11.0. The molecule has 0 unspecified atom stereocenters. The summed E-state index contributed by atoms with van der Waals surface area (Å²) in [6.07, 6.45) is 3.87. The molecule has 1 aliphatic rings. The molecule has 0 heterocycles. The lowest BCUT2D eigenvalue weighted by Gasteiger charge is -2.09. The first kappa shape index (κ1) is 7.98. The minimum Gasteiger partial charge on any atom is -0.423 e. The third-order valence-corrected chi connectivity index (χ3v) is 1.47. The molecule has 3 nitrogen and oxygen atoms in total. The van der Waals surface area contributed by atoms with Crippen LogP contribution >= 0.6 is 0 Å². The Labute approximate surface area is 65.0 Å². The molecular weight excluding hydrogens is 144 g/mol. The average molecular weight is 154 g/mol. The quantitative estimate of drug-likeness (QED) is 0.533. The van der Waals surface area contributed by atoms with E-state index < -0.39 is 5.97 Å². The van der Waals surface area contributed by atoms with Gasteiger partial charge in [-0.25, -0.2) is 0 Å². The lowest BCUT2D eigenvalue weighted by molar-refractivity contribution is -0.140. The Hall–Kier alpha value is -1.12. The number of esters is 1. The van der Waals surface area contributed by atoms with Gasteiger partial charge >= 0.3 is 5.97 Å². The highest BCUT2D eigenvalue weighted by Gasteiger charge is 2.15. The molecule has 0 atom stereocenters. The van der Waals surface area contributed by atoms with Gasteiger partial charge in [0.2, 0.25) is 0 Å². The largest absolute Gasteiger partial charge is 0.423 e. The normalized spacial score (nSPS) is 17.5. The third-order valence-electron chi connectivity index (χ3n) is 1.47. The lowest BCUT2D eigenvalue weighted by atomic mass is 10.1. The molecule has 0 amide bonds. The molecule has 3 heteroatoms. The Morgan fingerprint density at radius 1 is 1.64 bits per heavy atom. The lowest BCUT2D eigenvalue weighted by Crippen LogP contribution is -2.12. The van der Waals surface area contributed by atoms with Crippen molar-refractivity contribution in [1.82, 2.24) is 0 Å². The number of rotatable bonds is 1. The first-order chi connectivity index (χ1) is 5.20.